The van der Waals surface area contributed by atoms with Crippen molar-refractivity contribution in [3.63, 3.8) is 0 Å². The van der Waals surface area contributed by atoms with Gasteiger partial charge in [-0.05, 0) is 12.1 Å². The first-order chi connectivity index (χ1) is 5.77. The van der Waals surface area contributed by atoms with E-state index < -0.39 is 0 Å². The fourth-order valence-corrected chi connectivity index (χ4v) is 0.820. The number of nitrogens with zero attached hydrogens (tertiary/aromatic N) is 2. The lowest BCUT2D eigenvalue weighted by molar-refractivity contribution is 0.860. The second kappa shape index (κ2) is 3.65. The second-order valence-electron chi connectivity index (χ2n) is 2.32. The van der Waals surface area contributed by atoms with Gasteiger partial charge in [0.25, 0.3) is 0 Å². The third-order valence-electron chi connectivity index (χ3n) is 1.48. The SMILES string of the molecule is C=CC(N)c1cccc(C#N)n1. The van der Waals surface area contributed by atoms with Crippen molar-refractivity contribution in [1.29, 1.82) is 5.26 Å². The summed E-state index contributed by atoms with van der Waals surface area (Å²) in [5.41, 5.74) is 6.68. The summed E-state index contributed by atoms with van der Waals surface area (Å²) in [6, 6.07) is 6.82. The van der Waals surface area contributed by atoms with Gasteiger partial charge in [-0.15, -0.1) is 6.58 Å². The van der Waals surface area contributed by atoms with Gasteiger partial charge in [0.15, 0.2) is 0 Å². The lowest BCUT2D eigenvalue weighted by Crippen LogP contribution is -2.08. The summed E-state index contributed by atoms with van der Waals surface area (Å²) >= 11 is 0. The van der Waals surface area contributed by atoms with Gasteiger partial charge >= 0.3 is 0 Å². The van der Waals surface area contributed by atoms with E-state index in [-0.39, 0.29) is 6.04 Å². The quantitative estimate of drug-likeness (QED) is 0.658. The minimum Gasteiger partial charge on any atom is -0.319 e. The Balaban J connectivity index is 3.03. The van der Waals surface area contributed by atoms with Crippen LogP contribution in [0.5, 0.6) is 0 Å². The highest BCUT2D eigenvalue weighted by Crippen LogP contribution is 2.07. The zero-order valence-electron chi connectivity index (χ0n) is 6.57. The van der Waals surface area contributed by atoms with E-state index in [1.807, 2.05) is 6.07 Å². The van der Waals surface area contributed by atoms with Crippen LogP contribution in [0.3, 0.4) is 0 Å². The van der Waals surface area contributed by atoms with Gasteiger partial charge in [-0.2, -0.15) is 5.26 Å². The summed E-state index contributed by atoms with van der Waals surface area (Å²) in [4.78, 5) is 4.00. The maximum atomic E-state index is 8.54. The molecule has 3 nitrogen and oxygen atoms in total. The van der Waals surface area contributed by atoms with Crippen LogP contribution < -0.4 is 5.73 Å². The van der Waals surface area contributed by atoms with E-state index in [9.17, 15) is 0 Å². The molecule has 0 aliphatic rings. The molecule has 3 heteroatoms. The van der Waals surface area contributed by atoms with Crippen LogP contribution in [0.1, 0.15) is 17.4 Å². The van der Waals surface area contributed by atoms with Crippen LogP contribution in [0.25, 0.3) is 0 Å². The van der Waals surface area contributed by atoms with Crippen LogP contribution in [0, 0.1) is 11.3 Å². The molecule has 1 heterocycles. The molecule has 0 fully saturated rings. The van der Waals surface area contributed by atoms with Gasteiger partial charge in [0.1, 0.15) is 11.8 Å². The monoisotopic (exact) mass is 159 g/mol. The van der Waals surface area contributed by atoms with Crippen molar-refractivity contribution in [2.75, 3.05) is 0 Å². The van der Waals surface area contributed by atoms with E-state index in [0.29, 0.717) is 11.4 Å². The molecule has 1 aromatic heterocycles. The Morgan fingerprint density at radius 1 is 1.67 bits per heavy atom. The minimum absolute atomic E-state index is 0.293. The largest absolute Gasteiger partial charge is 0.319 e. The van der Waals surface area contributed by atoms with Crippen molar-refractivity contribution >= 4 is 0 Å². The Morgan fingerprint density at radius 3 is 3.00 bits per heavy atom. The van der Waals surface area contributed by atoms with Crippen LogP contribution in [-0.4, -0.2) is 4.98 Å². The van der Waals surface area contributed by atoms with E-state index in [2.05, 4.69) is 11.6 Å². The summed E-state index contributed by atoms with van der Waals surface area (Å²) < 4.78 is 0. The summed E-state index contributed by atoms with van der Waals surface area (Å²) in [6.45, 7) is 3.54. The van der Waals surface area contributed by atoms with E-state index in [0.717, 1.165) is 0 Å². The first-order valence-corrected chi connectivity index (χ1v) is 3.53. The standard InChI is InChI=1S/C9H9N3/c1-2-8(11)9-5-3-4-7(6-10)12-9/h2-5,8H,1,11H2. The third kappa shape index (κ3) is 1.68. The maximum absolute atomic E-state index is 8.54. The van der Waals surface area contributed by atoms with Crippen molar-refractivity contribution in [3.8, 4) is 6.07 Å². The van der Waals surface area contributed by atoms with Crippen molar-refractivity contribution in [1.82, 2.24) is 4.98 Å². The summed E-state index contributed by atoms with van der Waals surface area (Å²) in [7, 11) is 0. The summed E-state index contributed by atoms with van der Waals surface area (Å²) in [6.07, 6.45) is 1.59. The van der Waals surface area contributed by atoms with E-state index >= 15 is 0 Å². The third-order valence-corrected chi connectivity index (χ3v) is 1.48. The molecule has 0 amide bonds. The Kier molecular flexibility index (Phi) is 2.57. The lowest BCUT2D eigenvalue weighted by atomic mass is 10.2. The molecule has 0 radical (unpaired) electrons. The minimum atomic E-state index is -0.293. The molecule has 0 aliphatic carbocycles. The molecular formula is C9H9N3. The van der Waals surface area contributed by atoms with E-state index in [1.165, 1.54) is 0 Å². The van der Waals surface area contributed by atoms with Crippen molar-refractivity contribution in [2.24, 2.45) is 5.73 Å². The predicted molar refractivity (Wildman–Crippen MR) is 46.1 cm³/mol. The number of nitriles is 1. The average molecular weight is 159 g/mol. The van der Waals surface area contributed by atoms with E-state index in [4.69, 9.17) is 11.0 Å². The lowest BCUT2D eigenvalue weighted by Gasteiger charge is -2.03. The molecule has 0 saturated carbocycles. The fourth-order valence-electron chi connectivity index (χ4n) is 0.820. The summed E-state index contributed by atoms with van der Waals surface area (Å²) in [5.74, 6) is 0. The molecular weight excluding hydrogens is 150 g/mol. The Morgan fingerprint density at radius 2 is 2.42 bits per heavy atom. The van der Waals surface area contributed by atoms with Crippen LogP contribution in [0.2, 0.25) is 0 Å². The van der Waals surface area contributed by atoms with E-state index in [1.54, 1.807) is 24.3 Å². The van der Waals surface area contributed by atoms with Crippen LogP contribution in [0.15, 0.2) is 30.9 Å². The number of hydrogen-bond donors (Lipinski definition) is 1. The Bertz CT molecular complexity index is 325. The molecule has 12 heavy (non-hydrogen) atoms. The van der Waals surface area contributed by atoms with Gasteiger partial charge in [0.2, 0.25) is 0 Å². The number of hydrogen-bond acceptors (Lipinski definition) is 3. The van der Waals surface area contributed by atoms with Crippen molar-refractivity contribution in [2.45, 2.75) is 6.04 Å². The maximum Gasteiger partial charge on any atom is 0.140 e. The zero-order valence-corrected chi connectivity index (χ0v) is 6.57. The molecule has 0 bridgehead atoms. The molecule has 0 saturated heterocycles. The molecule has 1 atom stereocenters. The molecule has 1 rings (SSSR count). The topological polar surface area (TPSA) is 62.7 Å². The molecule has 1 aromatic rings. The van der Waals surface area contributed by atoms with Crippen LogP contribution in [-0.2, 0) is 0 Å². The molecule has 2 N–H and O–H groups in total. The van der Waals surface area contributed by atoms with Gasteiger partial charge in [-0.25, -0.2) is 4.98 Å². The van der Waals surface area contributed by atoms with Crippen molar-refractivity contribution < 1.29 is 0 Å². The highest BCUT2D eigenvalue weighted by atomic mass is 14.8. The first-order valence-electron chi connectivity index (χ1n) is 3.53. The number of aromatic nitrogens is 1. The second-order valence-corrected chi connectivity index (χ2v) is 2.32. The number of nitrogens with two attached hydrogens (primary N) is 1. The zero-order chi connectivity index (χ0) is 8.97. The Hall–Kier alpha value is -1.66. The van der Waals surface area contributed by atoms with Crippen LogP contribution in [0.4, 0.5) is 0 Å². The molecule has 0 spiro atoms. The average Bonchev–Trinajstić information content (AvgIpc) is 2.17. The molecule has 1 unspecified atom stereocenters. The predicted octanol–water partition coefficient (Wildman–Crippen LogP) is 1.14. The highest BCUT2D eigenvalue weighted by molar-refractivity contribution is 5.24. The number of rotatable bonds is 2. The first kappa shape index (κ1) is 8.44. The van der Waals surface area contributed by atoms with Gasteiger partial charge in [-0.3, -0.25) is 0 Å². The summed E-state index contributed by atoms with van der Waals surface area (Å²) in [5, 5.41) is 8.54. The van der Waals surface area contributed by atoms with Gasteiger partial charge in [-0.1, -0.05) is 12.1 Å². The fraction of sp³-hybridized carbons (Fsp3) is 0.111. The number of pyridine rings is 1. The van der Waals surface area contributed by atoms with Gasteiger partial charge < -0.3 is 5.73 Å². The smallest absolute Gasteiger partial charge is 0.140 e. The molecule has 0 aliphatic heterocycles. The molecule has 60 valence electrons. The normalized spacial score (nSPS) is 11.7. The highest BCUT2D eigenvalue weighted by Gasteiger charge is 2.02. The van der Waals surface area contributed by atoms with Gasteiger partial charge in [0.05, 0.1) is 11.7 Å². The van der Waals surface area contributed by atoms with Crippen molar-refractivity contribution in [3.05, 3.63) is 42.2 Å². The Labute approximate surface area is 71.2 Å². The van der Waals surface area contributed by atoms with Crippen LogP contribution >= 0.6 is 0 Å². The van der Waals surface area contributed by atoms with Gasteiger partial charge in [0, 0.05) is 0 Å². The molecule has 0 aromatic carbocycles.